The molecule has 0 radical (unpaired) electrons. The first-order valence-corrected chi connectivity index (χ1v) is 8.40. The standard InChI is InChI=1S/C19H26FN3O/c1-12(2)10-11-13(3)15-8-6-7-9-16(15)21-19(24)17-14(4)22-23(5)18(17)20/h6-9,12-13H,10-11H2,1-5H3,(H,21,24). The fraction of sp³-hybridized carbons (Fsp3) is 0.474. The number of para-hydroxylation sites is 1. The topological polar surface area (TPSA) is 46.9 Å². The minimum absolute atomic E-state index is 0.00198. The van der Waals surface area contributed by atoms with Gasteiger partial charge in [0, 0.05) is 12.7 Å². The predicted molar refractivity (Wildman–Crippen MR) is 94.8 cm³/mol. The molecule has 1 atom stereocenters. The van der Waals surface area contributed by atoms with E-state index in [1.165, 1.54) is 7.05 Å². The molecule has 24 heavy (non-hydrogen) atoms. The summed E-state index contributed by atoms with van der Waals surface area (Å²) >= 11 is 0. The molecule has 0 aliphatic rings. The van der Waals surface area contributed by atoms with Crippen molar-refractivity contribution in [1.82, 2.24) is 9.78 Å². The van der Waals surface area contributed by atoms with Crippen molar-refractivity contribution in [3.05, 3.63) is 47.0 Å². The highest BCUT2D eigenvalue weighted by Crippen LogP contribution is 2.29. The molecule has 0 bridgehead atoms. The zero-order chi connectivity index (χ0) is 17.9. The molecular formula is C19H26FN3O. The monoisotopic (exact) mass is 331 g/mol. The van der Waals surface area contributed by atoms with Gasteiger partial charge in [0.25, 0.3) is 5.91 Å². The molecule has 0 saturated carbocycles. The number of amides is 1. The molecule has 1 amide bonds. The largest absolute Gasteiger partial charge is 0.322 e. The second-order valence-electron chi connectivity index (χ2n) is 6.79. The average Bonchev–Trinajstić information content (AvgIpc) is 2.78. The summed E-state index contributed by atoms with van der Waals surface area (Å²) in [6.45, 7) is 8.20. The van der Waals surface area contributed by atoms with Crippen LogP contribution in [0.1, 0.15) is 61.1 Å². The van der Waals surface area contributed by atoms with Gasteiger partial charge in [-0.2, -0.15) is 9.49 Å². The highest BCUT2D eigenvalue weighted by Gasteiger charge is 2.21. The van der Waals surface area contributed by atoms with Crippen molar-refractivity contribution in [2.75, 3.05) is 5.32 Å². The molecule has 1 aromatic carbocycles. The van der Waals surface area contributed by atoms with Gasteiger partial charge in [-0.15, -0.1) is 0 Å². The zero-order valence-corrected chi connectivity index (χ0v) is 15.1. The summed E-state index contributed by atoms with van der Waals surface area (Å²) in [5.74, 6) is -0.109. The summed E-state index contributed by atoms with van der Waals surface area (Å²) in [4.78, 5) is 12.5. The minimum Gasteiger partial charge on any atom is -0.322 e. The van der Waals surface area contributed by atoms with Gasteiger partial charge in [-0.3, -0.25) is 4.79 Å². The van der Waals surface area contributed by atoms with Gasteiger partial charge < -0.3 is 5.32 Å². The number of nitrogens with one attached hydrogen (secondary N) is 1. The van der Waals surface area contributed by atoms with E-state index < -0.39 is 11.9 Å². The van der Waals surface area contributed by atoms with Crippen molar-refractivity contribution < 1.29 is 9.18 Å². The Morgan fingerprint density at radius 2 is 1.92 bits per heavy atom. The van der Waals surface area contributed by atoms with E-state index in [1.807, 2.05) is 24.3 Å². The van der Waals surface area contributed by atoms with Gasteiger partial charge in [0.15, 0.2) is 0 Å². The van der Waals surface area contributed by atoms with Crippen LogP contribution in [0.25, 0.3) is 0 Å². The first-order valence-electron chi connectivity index (χ1n) is 8.40. The SMILES string of the molecule is Cc1nn(C)c(F)c1C(=O)Nc1ccccc1C(C)CCC(C)C. The van der Waals surface area contributed by atoms with Crippen molar-refractivity contribution in [3.8, 4) is 0 Å². The fourth-order valence-corrected chi connectivity index (χ4v) is 2.85. The lowest BCUT2D eigenvalue weighted by Crippen LogP contribution is -2.16. The summed E-state index contributed by atoms with van der Waals surface area (Å²) in [5, 5.41) is 6.82. The van der Waals surface area contributed by atoms with Crippen LogP contribution in [0.4, 0.5) is 10.1 Å². The van der Waals surface area contributed by atoms with Crippen LogP contribution in [0.5, 0.6) is 0 Å². The molecule has 130 valence electrons. The molecule has 0 spiro atoms. The highest BCUT2D eigenvalue weighted by atomic mass is 19.1. The maximum atomic E-state index is 14.1. The first kappa shape index (κ1) is 18.2. The Hall–Kier alpha value is -2.17. The quantitative estimate of drug-likeness (QED) is 0.837. The molecule has 1 aromatic heterocycles. The van der Waals surface area contributed by atoms with Gasteiger partial charge in [0.1, 0.15) is 5.56 Å². The molecule has 4 nitrogen and oxygen atoms in total. The van der Waals surface area contributed by atoms with E-state index >= 15 is 0 Å². The molecule has 1 unspecified atom stereocenters. The van der Waals surface area contributed by atoms with Crippen LogP contribution in [-0.2, 0) is 7.05 Å². The van der Waals surface area contributed by atoms with Crippen molar-refractivity contribution in [1.29, 1.82) is 0 Å². The van der Waals surface area contributed by atoms with Crippen LogP contribution in [-0.4, -0.2) is 15.7 Å². The third-order valence-corrected chi connectivity index (χ3v) is 4.30. The maximum Gasteiger partial charge on any atom is 0.262 e. The number of hydrogen-bond donors (Lipinski definition) is 1. The molecule has 0 fully saturated rings. The summed E-state index contributed by atoms with van der Waals surface area (Å²) in [7, 11) is 1.49. The van der Waals surface area contributed by atoms with Crippen LogP contribution in [0.15, 0.2) is 24.3 Å². The van der Waals surface area contributed by atoms with E-state index in [9.17, 15) is 9.18 Å². The Balaban J connectivity index is 2.22. The van der Waals surface area contributed by atoms with E-state index in [0.717, 1.165) is 28.8 Å². The molecule has 2 aromatic rings. The number of halogens is 1. The van der Waals surface area contributed by atoms with E-state index in [0.29, 0.717) is 17.5 Å². The lowest BCUT2D eigenvalue weighted by Gasteiger charge is -2.18. The molecule has 1 N–H and O–H groups in total. The third-order valence-electron chi connectivity index (χ3n) is 4.30. The van der Waals surface area contributed by atoms with Gasteiger partial charge in [-0.1, -0.05) is 45.4 Å². The molecule has 0 saturated heterocycles. The van der Waals surface area contributed by atoms with Crippen LogP contribution >= 0.6 is 0 Å². The highest BCUT2D eigenvalue weighted by molar-refractivity contribution is 6.05. The Bertz CT molecular complexity index is 721. The van der Waals surface area contributed by atoms with Gasteiger partial charge in [-0.25, -0.2) is 4.68 Å². The molecule has 0 aliphatic carbocycles. The number of rotatable bonds is 6. The number of aryl methyl sites for hydroxylation is 2. The summed E-state index contributed by atoms with van der Waals surface area (Å²) < 4.78 is 15.2. The van der Waals surface area contributed by atoms with E-state index in [1.54, 1.807) is 6.92 Å². The average molecular weight is 331 g/mol. The zero-order valence-electron chi connectivity index (χ0n) is 15.1. The van der Waals surface area contributed by atoms with E-state index in [-0.39, 0.29) is 5.56 Å². The summed E-state index contributed by atoms with van der Waals surface area (Å²) in [6.07, 6.45) is 2.17. The van der Waals surface area contributed by atoms with Crippen molar-refractivity contribution >= 4 is 11.6 Å². The predicted octanol–water partition coefficient (Wildman–Crippen LogP) is 4.66. The number of carbonyl (C=O) groups is 1. The Morgan fingerprint density at radius 1 is 1.25 bits per heavy atom. The number of benzene rings is 1. The molecule has 0 aliphatic heterocycles. The molecule has 1 heterocycles. The summed E-state index contributed by atoms with van der Waals surface area (Å²) in [5.41, 5.74) is 2.20. The number of aromatic nitrogens is 2. The lowest BCUT2D eigenvalue weighted by molar-refractivity contribution is 0.102. The van der Waals surface area contributed by atoms with Gasteiger partial charge in [-0.05, 0) is 36.8 Å². The van der Waals surface area contributed by atoms with E-state index in [2.05, 4.69) is 31.2 Å². The first-order chi connectivity index (χ1) is 11.3. The number of carbonyl (C=O) groups excluding carboxylic acids is 1. The molecular weight excluding hydrogens is 305 g/mol. The number of hydrogen-bond acceptors (Lipinski definition) is 2. The Morgan fingerprint density at radius 3 is 2.50 bits per heavy atom. The van der Waals surface area contributed by atoms with Crippen LogP contribution < -0.4 is 5.32 Å². The minimum atomic E-state index is -0.615. The van der Waals surface area contributed by atoms with Gasteiger partial charge in [0.2, 0.25) is 5.95 Å². The van der Waals surface area contributed by atoms with Crippen LogP contribution in [0.2, 0.25) is 0 Å². The Labute approximate surface area is 143 Å². The van der Waals surface area contributed by atoms with Crippen molar-refractivity contribution in [3.63, 3.8) is 0 Å². The van der Waals surface area contributed by atoms with Crippen LogP contribution in [0, 0.1) is 18.8 Å². The van der Waals surface area contributed by atoms with Gasteiger partial charge >= 0.3 is 0 Å². The maximum absolute atomic E-state index is 14.1. The summed E-state index contributed by atoms with van der Waals surface area (Å²) in [6, 6.07) is 7.73. The second-order valence-corrected chi connectivity index (χ2v) is 6.79. The second kappa shape index (κ2) is 7.60. The van der Waals surface area contributed by atoms with Crippen molar-refractivity contribution in [2.24, 2.45) is 13.0 Å². The molecule has 5 heteroatoms. The number of anilines is 1. The van der Waals surface area contributed by atoms with Crippen molar-refractivity contribution in [2.45, 2.75) is 46.5 Å². The fourth-order valence-electron chi connectivity index (χ4n) is 2.85. The van der Waals surface area contributed by atoms with E-state index in [4.69, 9.17) is 0 Å². The van der Waals surface area contributed by atoms with Crippen LogP contribution in [0.3, 0.4) is 0 Å². The normalized spacial score (nSPS) is 12.5. The number of nitrogens with zero attached hydrogens (tertiary/aromatic N) is 2. The lowest BCUT2D eigenvalue weighted by atomic mass is 9.92. The van der Waals surface area contributed by atoms with Gasteiger partial charge in [0.05, 0.1) is 5.69 Å². The Kier molecular flexibility index (Phi) is 5.75. The third kappa shape index (κ3) is 4.02. The molecule has 2 rings (SSSR count). The smallest absolute Gasteiger partial charge is 0.262 e.